The van der Waals surface area contributed by atoms with Gasteiger partial charge in [-0.05, 0) is 18.4 Å². The van der Waals surface area contributed by atoms with Gasteiger partial charge in [-0.15, -0.1) is 0 Å². The Hall–Kier alpha value is -2.43. The first-order chi connectivity index (χ1) is 10.5. The minimum Gasteiger partial charge on any atom is -0.292 e. The van der Waals surface area contributed by atoms with E-state index in [9.17, 15) is 4.79 Å². The van der Waals surface area contributed by atoms with E-state index in [-0.39, 0.29) is 5.69 Å². The molecule has 0 N–H and O–H groups in total. The van der Waals surface area contributed by atoms with Crippen molar-refractivity contribution in [2.24, 2.45) is 7.05 Å². The lowest BCUT2D eigenvalue weighted by atomic mass is 9.97. The normalized spacial score (nSPS) is 11.5. The highest BCUT2D eigenvalue weighted by Gasteiger charge is 2.15. The molecule has 114 valence electrons. The fraction of sp³-hybridized carbons (Fsp3) is 0.353. The van der Waals surface area contributed by atoms with Crippen LogP contribution in [0.4, 0.5) is 0 Å². The lowest BCUT2D eigenvalue weighted by molar-refractivity contribution is 0.707. The molecule has 0 bridgehead atoms. The van der Waals surface area contributed by atoms with Crippen LogP contribution in [0.25, 0.3) is 22.6 Å². The van der Waals surface area contributed by atoms with E-state index in [1.54, 1.807) is 22.4 Å². The van der Waals surface area contributed by atoms with E-state index >= 15 is 0 Å². The average molecular weight is 296 g/mol. The zero-order valence-electron chi connectivity index (χ0n) is 13.4. The molecule has 0 aliphatic rings. The van der Waals surface area contributed by atoms with Crippen LogP contribution in [-0.2, 0) is 13.6 Å². The molecule has 22 heavy (non-hydrogen) atoms. The van der Waals surface area contributed by atoms with Crippen LogP contribution in [0.3, 0.4) is 0 Å². The first kappa shape index (κ1) is 14.5. The molecule has 5 nitrogen and oxygen atoms in total. The van der Waals surface area contributed by atoms with Gasteiger partial charge >= 0.3 is 5.69 Å². The maximum absolute atomic E-state index is 12.2. The number of hydrogen-bond donors (Lipinski definition) is 0. The number of fused-ring (bicyclic) bond motifs is 1. The second kappa shape index (κ2) is 5.40. The monoisotopic (exact) mass is 296 g/mol. The molecule has 1 aromatic carbocycles. The van der Waals surface area contributed by atoms with Crippen LogP contribution >= 0.6 is 0 Å². The number of rotatable bonds is 3. The summed E-state index contributed by atoms with van der Waals surface area (Å²) in [4.78, 5) is 21.4. The highest BCUT2D eigenvalue weighted by atomic mass is 16.1. The van der Waals surface area contributed by atoms with Gasteiger partial charge in [-0.3, -0.25) is 9.13 Å². The molecule has 2 aromatic heterocycles. The SMILES string of the molecule is CCn1c(=O)n(C)c2cnc(-c3ccccc3C(C)C)nc21. The first-order valence-corrected chi connectivity index (χ1v) is 7.56. The summed E-state index contributed by atoms with van der Waals surface area (Å²) in [6, 6.07) is 8.16. The van der Waals surface area contributed by atoms with E-state index in [1.165, 1.54) is 5.56 Å². The van der Waals surface area contributed by atoms with Crippen molar-refractivity contribution in [3.8, 4) is 11.4 Å². The Morgan fingerprint density at radius 2 is 1.95 bits per heavy atom. The third kappa shape index (κ3) is 2.13. The number of aryl methyl sites for hydroxylation is 2. The van der Waals surface area contributed by atoms with E-state index in [0.29, 0.717) is 23.9 Å². The number of nitrogens with zero attached hydrogens (tertiary/aromatic N) is 4. The van der Waals surface area contributed by atoms with E-state index in [2.05, 4.69) is 29.9 Å². The second-order valence-corrected chi connectivity index (χ2v) is 5.73. The summed E-state index contributed by atoms with van der Waals surface area (Å²) >= 11 is 0. The second-order valence-electron chi connectivity index (χ2n) is 5.73. The Bertz CT molecular complexity index is 889. The van der Waals surface area contributed by atoms with Gasteiger partial charge in [0.2, 0.25) is 0 Å². The maximum atomic E-state index is 12.2. The molecule has 5 heteroatoms. The van der Waals surface area contributed by atoms with Gasteiger partial charge in [-0.1, -0.05) is 38.1 Å². The van der Waals surface area contributed by atoms with Crippen LogP contribution in [0.15, 0.2) is 35.3 Å². The molecule has 2 heterocycles. The largest absolute Gasteiger partial charge is 0.330 e. The van der Waals surface area contributed by atoms with Crippen molar-refractivity contribution in [1.29, 1.82) is 0 Å². The fourth-order valence-corrected chi connectivity index (χ4v) is 2.80. The molecule has 3 aromatic rings. The topological polar surface area (TPSA) is 52.7 Å². The Balaban J connectivity index is 2.28. The third-order valence-corrected chi connectivity index (χ3v) is 4.02. The van der Waals surface area contributed by atoms with Gasteiger partial charge in [0, 0.05) is 19.2 Å². The third-order valence-electron chi connectivity index (χ3n) is 4.02. The van der Waals surface area contributed by atoms with Crippen LogP contribution in [-0.4, -0.2) is 19.1 Å². The minimum atomic E-state index is -0.0545. The zero-order valence-corrected chi connectivity index (χ0v) is 13.4. The van der Waals surface area contributed by atoms with E-state index < -0.39 is 0 Å². The summed E-state index contributed by atoms with van der Waals surface area (Å²) < 4.78 is 3.27. The van der Waals surface area contributed by atoms with Crippen LogP contribution in [0.2, 0.25) is 0 Å². The number of hydrogen-bond acceptors (Lipinski definition) is 3. The van der Waals surface area contributed by atoms with Crippen LogP contribution in [0.5, 0.6) is 0 Å². The van der Waals surface area contributed by atoms with Crippen molar-refractivity contribution in [3.05, 3.63) is 46.5 Å². The lowest BCUT2D eigenvalue weighted by Gasteiger charge is -2.11. The van der Waals surface area contributed by atoms with Crippen LogP contribution < -0.4 is 5.69 Å². The summed E-state index contributed by atoms with van der Waals surface area (Å²) in [5, 5.41) is 0. The lowest BCUT2D eigenvalue weighted by Crippen LogP contribution is -2.21. The Morgan fingerprint density at radius 1 is 1.23 bits per heavy atom. The van der Waals surface area contributed by atoms with Crippen LogP contribution in [0, 0.1) is 0 Å². The molecule has 0 saturated heterocycles. The van der Waals surface area contributed by atoms with Gasteiger partial charge in [0.15, 0.2) is 11.5 Å². The molecule has 0 unspecified atom stereocenters. The molecular formula is C17H20N4O. The molecule has 0 aliphatic heterocycles. The predicted molar refractivity (Wildman–Crippen MR) is 88.0 cm³/mol. The Kier molecular flexibility index (Phi) is 3.56. The first-order valence-electron chi connectivity index (χ1n) is 7.56. The number of imidazole rings is 1. The molecule has 0 amide bonds. The molecule has 0 saturated carbocycles. The van der Waals surface area contributed by atoms with Crippen LogP contribution in [0.1, 0.15) is 32.3 Å². The summed E-state index contributed by atoms with van der Waals surface area (Å²) in [7, 11) is 1.75. The number of benzene rings is 1. The molecule has 0 fully saturated rings. The van der Waals surface area contributed by atoms with Crippen molar-refractivity contribution >= 4 is 11.2 Å². The Labute approximate surface area is 129 Å². The van der Waals surface area contributed by atoms with Crippen molar-refractivity contribution in [3.63, 3.8) is 0 Å². The van der Waals surface area contributed by atoms with E-state index in [0.717, 1.165) is 11.1 Å². The highest BCUT2D eigenvalue weighted by molar-refractivity contribution is 5.74. The van der Waals surface area contributed by atoms with Crippen molar-refractivity contribution in [2.45, 2.75) is 33.2 Å². The molecule has 0 spiro atoms. The molecule has 3 rings (SSSR count). The molecular weight excluding hydrogens is 276 g/mol. The summed E-state index contributed by atoms with van der Waals surface area (Å²) in [5.74, 6) is 1.06. The quantitative estimate of drug-likeness (QED) is 0.746. The molecule has 0 atom stereocenters. The van der Waals surface area contributed by atoms with E-state index in [4.69, 9.17) is 0 Å². The maximum Gasteiger partial charge on any atom is 0.330 e. The Morgan fingerprint density at radius 3 is 2.64 bits per heavy atom. The van der Waals surface area contributed by atoms with Gasteiger partial charge in [-0.25, -0.2) is 14.8 Å². The van der Waals surface area contributed by atoms with Gasteiger partial charge in [0.25, 0.3) is 0 Å². The van der Waals surface area contributed by atoms with Crippen molar-refractivity contribution in [2.75, 3.05) is 0 Å². The molecule has 0 radical (unpaired) electrons. The zero-order chi connectivity index (χ0) is 15.9. The molecule has 0 aliphatic carbocycles. The summed E-state index contributed by atoms with van der Waals surface area (Å²) in [6.07, 6.45) is 1.74. The smallest absolute Gasteiger partial charge is 0.292 e. The highest BCUT2D eigenvalue weighted by Crippen LogP contribution is 2.27. The summed E-state index contributed by atoms with van der Waals surface area (Å²) in [5.41, 5.74) is 3.64. The average Bonchev–Trinajstić information content (AvgIpc) is 2.77. The van der Waals surface area contributed by atoms with Gasteiger partial charge < -0.3 is 0 Å². The fourth-order valence-electron chi connectivity index (χ4n) is 2.80. The predicted octanol–water partition coefficient (Wildman–Crippen LogP) is 2.94. The minimum absolute atomic E-state index is 0.0545. The van der Waals surface area contributed by atoms with E-state index in [1.807, 2.05) is 25.1 Å². The number of aromatic nitrogens is 4. The van der Waals surface area contributed by atoms with Crippen molar-refractivity contribution in [1.82, 2.24) is 19.1 Å². The van der Waals surface area contributed by atoms with Gasteiger partial charge in [0.05, 0.1) is 6.20 Å². The standard InChI is InChI=1S/C17H20N4O/c1-5-21-16-14(20(4)17(21)22)10-18-15(19-16)13-9-7-6-8-12(13)11(2)3/h6-11H,5H2,1-4H3. The summed E-state index contributed by atoms with van der Waals surface area (Å²) in [6.45, 7) is 6.85. The van der Waals surface area contributed by atoms with Crippen molar-refractivity contribution < 1.29 is 0 Å². The van der Waals surface area contributed by atoms with Gasteiger partial charge in [-0.2, -0.15) is 0 Å². The van der Waals surface area contributed by atoms with Gasteiger partial charge in [0.1, 0.15) is 5.52 Å².